The van der Waals surface area contributed by atoms with Gasteiger partial charge < -0.3 is 5.73 Å². The first-order valence-corrected chi connectivity index (χ1v) is 8.30. The number of nitrogen functional groups attached to an aromatic ring is 1. The summed E-state index contributed by atoms with van der Waals surface area (Å²) in [6.45, 7) is 3.84. The van der Waals surface area contributed by atoms with Crippen LogP contribution in [-0.4, -0.2) is 17.1 Å². The van der Waals surface area contributed by atoms with Crippen LogP contribution in [0.15, 0.2) is 47.4 Å². The molecule has 23 heavy (non-hydrogen) atoms. The van der Waals surface area contributed by atoms with Gasteiger partial charge in [-0.05, 0) is 43.2 Å². The van der Waals surface area contributed by atoms with Gasteiger partial charge in [0, 0.05) is 17.0 Å². The maximum Gasteiger partial charge on any atom is 0.247 e. The first kappa shape index (κ1) is 15.6. The molecule has 4 nitrogen and oxygen atoms in total. The number of nitrogens with two attached hydrogens (primary N) is 1. The Hall–Kier alpha value is -2.27. The highest BCUT2D eigenvalue weighted by molar-refractivity contribution is 8.00. The van der Waals surface area contributed by atoms with Gasteiger partial charge in [-0.2, -0.15) is 0 Å². The van der Waals surface area contributed by atoms with Gasteiger partial charge in [0.2, 0.25) is 11.8 Å². The van der Waals surface area contributed by atoms with Gasteiger partial charge in [-0.25, -0.2) is 4.90 Å². The van der Waals surface area contributed by atoms with Crippen molar-refractivity contribution in [1.29, 1.82) is 0 Å². The summed E-state index contributed by atoms with van der Waals surface area (Å²) in [4.78, 5) is 27.4. The predicted molar refractivity (Wildman–Crippen MR) is 93.5 cm³/mol. The Kier molecular flexibility index (Phi) is 4.13. The van der Waals surface area contributed by atoms with Crippen LogP contribution in [0.3, 0.4) is 0 Å². The van der Waals surface area contributed by atoms with E-state index < -0.39 is 5.25 Å². The molecule has 0 radical (unpaired) electrons. The van der Waals surface area contributed by atoms with Gasteiger partial charge in [-0.3, -0.25) is 9.59 Å². The molecule has 1 saturated heterocycles. The molecule has 118 valence electrons. The summed E-state index contributed by atoms with van der Waals surface area (Å²) in [7, 11) is 0. The van der Waals surface area contributed by atoms with Crippen molar-refractivity contribution in [1.82, 2.24) is 0 Å². The molecule has 0 aromatic heterocycles. The highest BCUT2D eigenvalue weighted by atomic mass is 32.2. The van der Waals surface area contributed by atoms with E-state index in [-0.39, 0.29) is 18.2 Å². The summed E-state index contributed by atoms with van der Waals surface area (Å²) >= 11 is 1.40. The average molecular weight is 326 g/mol. The molecule has 5 heteroatoms. The topological polar surface area (TPSA) is 63.4 Å². The molecule has 0 bridgehead atoms. The van der Waals surface area contributed by atoms with Gasteiger partial charge in [0.15, 0.2) is 0 Å². The van der Waals surface area contributed by atoms with Crippen LogP contribution >= 0.6 is 11.8 Å². The molecule has 1 aliphatic rings. The lowest BCUT2D eigenvalue weighted by Gasteiger charge is -2.19. The molecule has 1 unspecified atom stereocenters. The van der Waals surface area contributed by atoms with Crippen LogP contribution in [0.5, 0.6) is 0 Å². The number of hydrogen-bond donors (Lipinski definition) is 1. The first-order chi connectivity index (χ1) is 11.0. The van der Waals surface area contributed by atoms with Crippen LogP contribution in [0.1, 0.15) is 17.5 Å². The van der Waals surface area contributed by atoms with E-state index in [4.69, 9.17) is 5.73 Å². The summed E-state index contributed by atoms with van der Waals surface area (Å²) in [6.07, 6.45) is 0.214. The SMILES string of the molecule is Cc1cccc(C)c1N1C(=O)CC(Sc2cccc(N)c2)C1=O. The van der Waals surface area contributed by atoms with Crippen molar-refractivity contribution in [3.8, 4) is 0 Å². The van der Waals surface area contributed by atoms with Crippen LogP contribution in [0, 0.1) is 13.8 Å². The fraction of sp³-hybridized carbons (Fsp3) is 0.222. The summed E-state index contributed by atoms with van der Waals surface area (Å²) < 4.78 is 0. The molecule has 0 spiro atoms. The number of benzene rings is 2. The van der Waals surface area contributed by atoms with Gasteiger partial charge in [0.1, 0.15) is 0 Å². The Morgan fingerprint density at radius 3 is 2.39 bits per heavy atom. The van der Waals surface area contributed by atoms with Crippen molar-refractivity contribution in [3.63, 3.8) is 0 Å². The zero-order chi connectivity index (χ0) is 16.6. The third-order valence-corrected chi connectivity index (χ3v) is 5.08. The van der Waals surface area contributed by atoms with Crippen molar-refractivity contribution < 1.29 is 9.59 Å². The minimum Gasteiger partial charge on any atom is -0.399 e. The zero-order valence-corrected chi connectivity index (χ0v) is 13.9. The van der Waals surface area contributed by atoms with Gasteiger partial charge in [-0.1, -0.05) is 24.3 Å². The maximum absolute atomic E-state index is 12.8. The van der Waals surface area contributed by atoms with E-state index in [1.165, 1.54) is 16.7 Å². The Morgan fingerprint density at radius 1 is 1.09 bits per heavy atom. The summed E-state index contributed by atoms with van der Waals surface area (Å²) in [5.74, 6) is -0.298. The number of imide groups is 1. The normalized spacial score (nSPS) is 17.8. The standard InChI is InChI=1S/C18H18N2O2S/c1-11-5-3-6-12(2)17(11)20-16(21)10-15(18(20)22)23-14-8-4-7-13(19)9-14/h3-9,15H,10,19H2,1-2H3. The van der Waals surface area contributed by atoms with Crippen LogP contribution in [0.25, 0.3) is 0 Å². The molecule has 1 atom stereocenters. The van der Waals surface area contributed by atoms with Crippen molar-refractivity contribution in [3.05, 3.63) is 53.6 Å². The number of para-hydroxylation sites is 1. The number of aryl methyl sites for hydroxylation is 2. The Labute approximate surface area is 139 Å². The van der Waals surface area contributed by atoms with Crippen LogP contribution < -0.4 is 10.6 Å². The molecule has 2 amide bonds. The Bertz CT molecular complexity index is 768. The molecule has 2 N–H and O–H groups in total. The molecule has 1 fully saturated rings. The molecule has 3 rings (SSSR count). The number of rotatable bonds is 3. The van der Waals surface area contributed by atoms with Gasteiger partial charge in [-0.15, -0.1) is 11.8 Å². The Balaban J connectivity index is 1.88. The smallest absolute Gasteiger partial charge is 0.247 e. The van der Waals surface area contributed by atoms with Crippen LogP contribution in [-0.2, 0) is 9.59 Å². The molecule has 1 heterocycles. The van der Waals surface area contributed by atoms with Crippen molar-refractivity contribution >= 4 is 35.0 Å². The minimum absolute atomic E-state index is 0.145. The number of anilines is 2. The Morgan fingerprint density at radius 2 is 1.74 bits per heavy atom. The lowest BCUT2D eigenvalue weighted by Crippen LogP contribution is -2.32. The summed E-state index contributed by atoms with van der Waals surface area (Å²) in [5, 5.41) is -0.400. The predicted octanol–water partition coefficient (Wildman–Crippen LogP) is 3.31. The van der Waals surface area contributed by atoms with Crippen molar-refractivity contribution in [2.75, 3.05) is 10.6 Å². The highest BCUT2D eigenvalue weighted by Crippen LogP contribution is 2.36. The first-order valence-electron chi connectivity index (χ1n) is 7.42. The van der Waals surface area contributed by atoms with Crippen LogP contribution in [0.4, 0.5) is 11.4 Å². The fourth-order valence-corrected chi connectivity index (χ4v) is 3.96. The van der Waals surface area contributed by atoms with Crippen LogP contribution in [0.2, 0.25) is 0 Å². The molecule has 2 aromatic rings. The number of hydrogen-bond acceptors (Lipinski definition) is 4. The summed E-state index contributed by atoms with van der Waals surface area (Å²) in [6, 6.07) is 13.1. The number of thioether (sulfide) groups is 1. The quantitative estimate of drug-likeness (QED) is 0.694. The third-order valence-electron chi connectivity index (χ3n) is 3.90. The van der Waals surface area contributed by atoms with Crippen molar-refractivity contribution in [2.45, 2.75) is 30.4 Å². The maximum atomic E-state index is 12.8. The summed E-state index contributed by atoms with van der Waals surface area (Å²) in [5.41, 5.74) is 9.01. The molecule has 0 saturated carbocycles. The monoisotopic (exact) mass is 326 g/mol. The van der Waals surface area contributed by atoms with Gasteiger partial charge >= 0.3 is 0 Å². The second-order valence-electron chi connectivity index (χ2n) is 5.69. The van der Waals surface area contributed by atoms with Gasteiger partial charge in [0.25, 0.3) is 0 Å². The van der Waals surface area contributed by atoms with E-state index >= 15 is 0 Å². The van der Waals surface area contributed by atoms with Gasteiger partial charge in [0.05, 0.1) is 10.9 Å². The molecule has 0 aliphatic carbocycles. The van der Waals surface area contributed by atoms with E-state index in [0.717, 1.165) is 21.7 Å². The van der Waals surface area contributed by atoms with Crippen molar-refractivity contribution in [2.24, 2.45) is 0 Å². The number of nitrogens with zero attached hydrogens (tertiary/aromatic N) is 1. The molecule has 2 aromatic carbocycles. The second-order valence-corrected chi connectivity index (χ2v) is 6.97. The molecular weight excluding hydrogens is 308 g/mol. The molecule has 1 aliphatic heterocycles. The molecular formula is C18H18N2O2S. The highest BCUT2D eigenvalue weighted by Gasteiger charge is 2.41. The average Bonchev–Trinajstić information content (AvgIpc) is 2.75. The van der Waals surface area contributed by atoms with E-state index in [1.54, 1.807) is 6.07 Å². The zero-order valence-electron chi connectivity index (χ0n) is 13.1. The number of carbonyl (C=O) groups is 2. The van der Waals surface area contributed by atoms with E-state index in [2.05, 4.69) is 0 Å². The lowest BCUT2D eigenvalue weighted by atomic mass is 10.1. The number of carbonyl (C=O) groups excluding carboxylic acids is 2. The second kappa shape index (κ2) is 6.08. The minimum atomic E-state index is -0.400. The van der Waals surface area contributed by atoms with E-state index in [1.807, 2.05) is 50.2 Å². The third kappa shape index (κ3) is 2.97. The fourth-order valence-electron chi connectivity index (χ4n) is 2.84. The van der Waals surface area contributed by atoms with E-state index in [9.17, 15) is 9.59 Å². The largest absolute Gasteiger partial charge is 0.399 e. The number of amides is 2. The lowest BCUT2D eigenvalue weighted by molar-refractivity contribution is -0.121. The van der Waals surface area contributed by atoms with E-state index in [0.29, 0.717) is 5.69 Å².